The Balaban J connectivity index is 1.38. The predicted molar refractivity (Wildman–Crippen MR) is 146 cm³/mol. The molecule has 1 unspecified atom stereocenters. The van der Waals surface area contributed by atoms with Crippen LogP contribution < -0.4 is 15.5 Å². The number of hydrogen-bond donors (Lipinski definition) is 3. The number of para-hydroxylation sites is 2. The van der Waals surface area contributed by atoms with Gasteiger partial charge in [-0.15, -0.1) is 0 Å². The second-order valence-electron chi connectivity index (χ2n) is 10.4. The molecule has 3 heterocycles. The SMILES string of the molecule is Cc1[nH]cnc1CSCCNC(=O)CN1c2ccccc2NC2=C(C(=O)CC(C)(C)C2)C1c1ccco1. The number of carbonyl (C=O) groups is 2. The van der Waals surface area contributed by atoms with Gasteiger partial charge < -0.3 is 24.9 Å². The zero-order chi connectivity index (χ0) is 26.0. The molecular formula is C28H33N5O3S. The van der Waals surface area contributed by atoms with Gasteiger partial charge >= 0.3 is 0 Å². The van der Waals surface area contributed by atoms with Crippen molar-refractivity contribution in [2.75, 3.05) is 29.1 Å². The average molecular weight is 520 g/mol. The summed E-state index contributed by atoms with van der Waals surface area (Å²) in [5.74, 6) is 2.21. The van der Waals surface area contributed by atoms with Gasteiger partial charge in [0.15, 0.2) is 5.78 Å². The van der Waals surface area contributed by atoms with E-state index in [1.54, 1.807) is 24.4 Å². The Hall–Kier alpha value is -3.46. The molecule has 1 aromatic carbocycles. The van der Waals surface area contributed by atoms with E-state index in [4.69, 9.17) is 4.42 Å². The van der Waals surface area contributed by atoms with Crippen LogP contribution in [0, 0.1) is 12.3 Å². The summed E-state index contributed by atoms with van der Waals surface area (Å²) in [7, 11) is 0. The number of nitrogens with zero attached hydrogens (tertiary/aromatic N) is 2. The van der Waals surface area contributed by atoms with E-state index in [0.717, 1.165) is 46.4 Å². The second kappa shape index (κ2) is 10.5. The molecule has 37 heavy (non-hydrogen) atoms. The maximum Gasteiger partial charge on any atom is 0.239 e. The van der Waals surface area contributed by atoms with Crippen LogP contribution in [0.4, 0.5) is 11.4 Å². The third-order valence-electron chi connectivity index (χ3n) is 6.87. The molecule has 8 nitrogen and oxygen atoms in total. The molecule has 5 rings (SSSR count). The molecule has 0 spiro atoms. The molecule has 1 atom stereocenters. The first-order valence-electron chi connectivity index (χ1n) is 12.6. The number of carbonyl (C=O) groups excluding carboxylic acids is 2. The molecule has 0 radical (unpaired) electrons. The van der Waals surface area contributed by atoms with Crippen LogP contribution in [0.3, 0.4) is 0 Å². The molecule has 2 aromatic heterocycles. The number of anilines is 2. The third-order valence-corrected chi connectivity index (χ3v) is 7.84. The van der Waals surface area contributed by atoms with Gasteiger partial charge in [-0.1, -0.05) is 26.0 Å². The van der Waals surface area contributed by atoms with E-state index in [1.807, 2.05) is 48.2 Å². The molecule has 1 amide bonds. The number of benzene rings is 1. The van der Waals surface area contributed by atoms with Gasteiger partial charge in [0.2, 0.25) is 5.91 Å². The minimum atomic E-state index is -0.493. The fraction of sp³-hybridized carbons (Fsp3) is 0.393. The van der Waals surface area contributed by atoms with E-state index in [-0.39, 0.29) is 23.7 Å². The molecule has 3 aromatic rings. The lowest BCUT2D eigenvalue weighted by Gasteiger charge is -2.36. The summed E-state index contributed by atoms with van der Waals surface area (Å²) in [6, 6.07) is 11.1. The Morgan fingerprint density at radius 2 is 2.08 bits per heavy atom. The van der Waals surface area contributed by atoms with Crippen LogP contribution in [0.1, 0.15) is 49.9 Å². The first kappa shape index (κ1) is 25.2. The highest BCUT2D eigenvalue weighted by Crippen LogP contribution is 2.48. The van der Waals surface area contributed by atoms with Crippen molar-refractivity contribution in [2.24, 2.45) is 5.41 Å². The molecule has 9 heteroatoms. The molecule has 0 saturated heterocycles. The molecule has 194 valence electrons. The van der Waals surface area contributed by atoms with Crippen LogP contribution in [0.2, 0.25) is 0 Å². The topological polar surface area (TPSA) is 103 Å². The van der Waals surface area contributed by atoms with Gasteiger partial charge in [-0.2, -0.15) is 11.8 Å². The number of rotatable bonds is 8. The van der Waals surface area contributed by atoms with E-state index >= 15 is 0 Å². The molecule has 0 saturated carbocycles. The maximum absolute atomic E-state index is 13.6. The summed E-state index contributed by atoms with van der Waals surface area (Å²) in [5, 5.41) is 6.61. The zero-order valence-corrected chi connectivity index (χ0v) is 22.3. The van der Waals surface area contributed by atoms with E-state index < -0.39 is 6.04 Å². The van der Waals surface area contributed by atoms with Crippen molar-refractivity contribution in [3.05, 3.63) is 77.4 Å². The van der Waals surface area contributed by atoms with Gasteiger partial charge in [-0.3, -0.25) is 9.59 Å². The van der Waals surface area contributed by atoms with Gasteiger partial charge in [-0.25, -0.2) is 4.98 Å². The number of fused-ring (bicyclic) bond motifs is 1. The quantitative estimate of drug-likeness (QED) is 0.361. The third kappa shape index (κ3) is 5.46. The number of aromatic amines is 1. The second-order valence-corrected chi connectivity index (χ2v) is 11.5. The highest BCUT2D eigenvalue weighted by molar-refractivity contribution is 7.98. The van der Waals surface area contributed by atoms with Crippen LogP contribution in [-0.2, 0) is 15.3 Å². The lowest BCUT2D eigenvalue weighted by atomic mass is 9.74. The first-order valence-corrected chi connectivity index (χ1v) is 13.7. The number of nitrogens with one attached hydrogen (secondary N) is 3. The van der Waals surface area contributed by atoms with E-state index in [0.29, 0.717) is 24.3 Å². The zero-order valence-electron chi connectivity index (χ0n) is 21.5. The molecule has 1 aliphatic carbocycles. The first-order chi connectivity index (χ1) is 17.8. The summed E-state index contributed by atoms with van der Waals surface area (Å²) >= 11 is 1.73. The lowest BCUT2D eigenvalue weighted by molar-refractivity contribution is -0.120. The summed E-state index contributed by atoms with van der Waals surface area (Å²) in [5.41, 5.74) is 5.30. The largest absolute Gasteiger partial charge is 0.467 e. The van der Waals surface area contributed by atoms with Gasteiger partial charge in [0.05, 0.1) is 36.2 Å². The van der Waals surface area contributed by atoms with Crippen LogP contribution in [-0.4, -0.2) is 40.5 Å². The van der Waals surface area contributed by atoms with Crippen LogP contribution in [0.15, 0.2) is 64.7 Å². The number of aryl methyl sites for hydroxylation is 1. The van der Waals surface area contributed by atoms with E-state index in [9.17, 15) is 9.59 Å². The van der Waals surface area contributed by atoms with Crippen molar-refractivity contribution in [1.29, 1.82) is 0 Å². The smallest absolute Gasteiger partial charge is 0.239 e. The Morgan fingerprint density at radius 1 is 1.24 bits per heavy atom. The fourth-order valence-corrected chi connectivity index (χ4v) is 6.02. The van der Waals surface area contributed by atoms with Gasteiger partial charge in [0.1, 0.15) is 11.8 Å². The summed E-state index contributed by atoms with van der Waals surface area (Å²) in [6.45, 7) is 6.89. The summed E-state index contributed by atoms with van der Waals surface area (Å²) in [4.78, 5) is 36.2. The highest BCUT2D eigenvalue weighted by atomic mass is 32.2. The van der Waals surface area contributed by atoms with Gasteiger partial charge in [0, 0.05) is 41.4 Å². The predicted octanol–water partition coefficient (Wildman–Crippen LogP) is 4.98. The Labute approximate surface area is 221 Å². The van der Waals surface area contributed by atoms with Crippen molar-refractivity contribution < 1.29 is 14.0 Å². The number of aromatic nitrogens is 2. The Bertz CT molecular complexity index is 1310. The lowest BCUT2D eigenvalue weighted by Crippen LogP contribution is -2.42. The number of thioether (sulfide) groups is 1. The normalized spacial score (nSPS) is 18.6. The molecule has 0 bridgehead atoms. The van der Waals surface area contributed by atoms with Crippen molar-refractivity contribution in [1.82, 2.24) is 15.3 Å². The minimum Gasteiger partial charge on any atom is -0.467 e. The van der Waals surface area contributed by atoms with E-state index in [1.165, 1.54) is 0 Å². The standard InChI is InChI=1S/C28H33N5O3S/c1-18-21(31-17-30-18)16-37-12-10-29-25(35)15-33-22-8-5-4-7-19(22)32-20-13-28(2,3)14-23(34)26(20)27(33)24-9-6-11-36-24/h4-9,11,17,27,32H,10,12-16H2,1-3H3,(H,29,35)(H,30,31). The number of amides is 1. The van der Waals surface area contributed by atoms with Gasteiger partial charge in [0.25, 0.3) is 0 Å². The number of furan rings is 1. The monoisotopic (exact) mass is 519 g/mol. The highest BCUT2D eigenvalue weighted by Gasteiger charge is 2.42. The maximum atomic E-state index is 13.6. The van der Waals surface area contributed by atoms with Crippen molar-refractivity contribution >= 4 is 34.8 Å². The number of hydrogen-bond acceptors (Lipinski definition) is 7. The van der Waals surface area contributed by atoms with E-state index in [2.05, 4.69) is 34.4 Å². The van der Waals surface area contributed by atoms with Crippen molar-refractivity contribution in [3.63, 3.8) is 0 Å². The number of ketones is 1. The number of allylic oxidation sites excluding steroid dienone is 1. The molecule has 2 aliphatic rings. The minimum absolute atomic E-state index is 0.0865. The van der Waals surface area contributed by atoms with Crippen LogP contribution in [0.25, 0.3) is 0 Å². The van der Waals surface area contributed by atoms with Crippen molar-refractivity contribution in [2.45, 2.75) is 45.4 Å². The molecule has 0 fully saturated rings. The Morgan fingerprint density at radius 3 is 2.84 bits per heavy atom. The average Bonchev–Trinajstić information content (AvgIpc) is 3.49. The molecule has 3 N–H and O–H groups in total. The van der Waals surface area contributed by atoms with Crippen LogP contribution >= 0.6 is 11.8 Å². The summed E-state index contributed by atoms with van der Waals surface area (Å²) in [6.07, 6.45) is 4.52. The number of H-pyrrole nitrogens is 1. The summed E-state index contributed by atoms with van der Waals surface area (Å²) < 4.78 is 5.86. The molecule has 1 aliphatic heterocycles. The van der Waals surface area contributed by atoms with Gasteiger partial charge in [-0.05, 0) is 43.0 Å². The molecular weight excluding hydrogens is 486 g/mol. The number of Topliss-reactive ketones (excluding diaryl/α,β-unsaturated/α-hetero) is 1. The van der Waals surface area contributed by atoms with Crippen LogP contribution in [0.5, 0.6) is 0 Å². The Kier molecular flexibility index (Phi) is 7.15. The number of imidazole rings is 1. The van der Waals surface area contributed by atoms with Crippen molar-refractivity contribution in [3.8, 4) is 0 Å². The fourth-order valence-electron chi connectivity index (χ4n) is 5.14.